The summed E-state index contributed by atoms with van der Waals surface area (Å²) >= 11 is 5.17. The Balaban J connectivity index is 1.57. The van der Waals surface area contributed by atoms with Gasteiger partial charge in [0, 0.05) is 35.1 Å². The summed E-state index contributed by atoms with van der Waals surface area (Å²) in [6.45, 7) is 1.86. The van der Waals surface area contributed by atoms with E-state index in [1.165, 1.54) is 30.4 Å². The predicted octanol–water partition coefficient (Wildman–Crippen LogP) is 4.68. The minimum atomic E-state index is -0.506. The number of nitrogens with one attached hydrogen (secondary N) is 3. The van der Waals surface area contributed by atoms with Crippen LogP contribution in [0.25, 0.3) is 6.08 Å². The highest BCUT2D eigenvalue weighted by Gasteiger charge is 2.09. The molecule has 0 aliphatic rings. The summed E-state index contributed by atoms with van der Waals surface area (Å²) in [6, 6.07) is 20.1. The molecule has 2 amide bonds. The maximum atomic E-state index is 12.5. The number of carbonyl (C=O) groups excluding carboxylic acids is 2. The lowest BCUT2D eigenvalue weighted by molar-refractivity contribution is -0.384. The van der Waals surface area contributed by atoms with Gasteiger partial charge in [0.25, 0.3) is 11.6 Å². The fraction of sp³-hybridized carbons (Fsp3) is 0.0417. The van der Waals surface area contributed by atoms with E-state index in [-0.39, 0.29) is 16.7 Å². The van der Waals surface area contributed by atoms with Gasteiger partial charge in [-0.05, 0) is 60.6 Å². The Hall–Kier alpha value is -4.37. The Bertz CT molecular complexity index is 1260. The average Bonchev–Trinajstić information content (AvgIpc) is 2.78. The molecule has 0 spiro atoms. The van der Waals surface area contributed by atoms with Gasteiger partial charge in [-0.3, -0.25) is 25.0 Å². The molecule has 3 aromatic carbocycles. The first-order valence-corrected chi connectivity index (χ1v) is 10.2. The van der Waals surface area contributed by atoms with Gasteiger partial charge in [-0.15, -0.1) is 0 Å². The molecule has 0 radical (unpaired) electrons. The number of nitrogens with zero attached hydrogens (tertiary/aromatic N) is 1. The number of carbonyl (C=O) groups is 2. The second-order valence-corrected chi connectivity index (χ2v) is 7.39. The molecule has 0 aliphatic carbocycles. The van der Waals surface area contributed by atoms with Crippen LogP contribution in [0.4, 0.5) is 17.1 Å². The van der Waals surface area contributed by atoms with Crippen molar-refractivity contribution in [1.82, 2.24) is 5.32 Å². The molecular weight excluding hydrogens is 440 g/mol. The average molecular weight is 461 g/mol. The predicted molar refractivity (Wildman–Crippen MR) is 132 cm³/mol. The summed E-state index contributed by atoms with van der Waals surface area (Å²) in [5.41, 5.74) is 3.03. The van der Waals surface area contributed by atoms with Gasteiger partial charge in [0.1, 0.15) is 0 Å². The molecular formula is C24H20N4O4S. The van der Waals surface area contributed by atoms with E-state index in [1.54, 1.807) is 42.5 Å². The molecule has 0 aromatic heterocycles. The van der Waals surface area contributed by atoms with Gasteiger partial charge in [-0.2, -0.15) is 0 Å². The van der Waals surface area contributed by atoms with Crippen LogP contribution in [0.5, 0.6) is 0 Å². The first-order valence-electron chi connectivity index (χ1n) is 9.83. The molecule has 0 fully saturated rings. The standard InChI is InChI=1S/C24H20N4O4S/c1-16-6-2-3-11-21(16)23(30)25-18-8-5-9-19(15-18)26-24(33)27-22(29)13-12-17-7-4-10-20(14-17)28(31)32/h2-15H,1H3,(H,25,30)(H2,26,27,29,33)/b13-12+. The molecule has 0 saturated heterocycles. The highest BCUT2D eigenvalue weighted by atomic mass is 32.1. The van der Waals surface area contributed by atoms with Gasteiger partial charge >= 0.3 is 0 Å². The van der Waals surface area contributed by atoms with Crippen molar-refractivity contribution in [3.63, 3.8) is 0 Å². The monoisotopic (exact) mass is 460 g/mol. The van der Waals surface area contributed by atoms with Crippen molar-refractivity contribution in [2.45, 2.75) is 6.92 Å². The van der Waals surface area contributed by atoms with Crippen LogP contribution in [-0.2, 0) is 4.79 Å². The normalized spacial score (nSPS) is 10.5. The number of nitro benzene ring substituents is 1. The van der Waals surface area contributed by atoms with Gasteiger partial charge in [0.15, 0.2) is 5.11 Å². The van der Waals surface area contributed by atoms with Crippen molar-refractivity contribution in [1.29, 1.82) is 0 Å². The number of benzene rings is 3. The van der Waals surface area contributed by atoms with Gasteiger partial charge in [-0.1, -0.05) is 36.4 Å². The fourth-order valence-electron chi connectivity index (χ4n) is 2.93. The van der Waals surface area contributed by atoms with E-state index in [0.717, 1.165) is 5.56 Å². The Morgan fingerprint density at radius 2 is 1.64 bits per heavy atom. The lowest BCUT2D eigenvalue weighted by Crippen LogP contribution is -2.32. The number of hydrogen-bond donors (Lipinski definition) is 3. The number of nitro groups is 1. The number of amides is 2. The summed E-state index contributed by atoms with van der Waals surface area (Å²) in [6.07, 6.45) is 2.68. The maximum Gasteiger partial charge on any atom is 0.270 e. The number of aryl methyl sites for hydroxylation is 1. The van der Waals surface area contributed by atoms with E-state index < -0.39 is 10.8 Å². The lowest BCUT2D eigenvalue weighted by Gasteiger charge is -2.11. The van der Waals surface area contributed by atoms with E-state index in [0.29, 0.717) is 22.5 Å². The lowest BCUT2D eigenvalue weighted by atomic mass is 10.1. The molecule has 8 nitrogen and oxygen atoms in total. The number of hydrogen-bond acceptors (Lipinski definition) is 5. The molecule has 0 atom stereocenters. The molecule has 0 bridgehead atoms. The van der Waals surface area contributed by atoms with Crippen molar-refractivity contribution in [3.8, 4) is 0 Å². The number of non-ortho nitro benzene ring substituents is 1. The van der Waals surface area contributed by atoms with Crippen molar-refractivity contribution in [2.24, 2.45) is 0 Å². The largest absolute Gasteiger partial charge is 0.332 e. The second-order valence-electron chi connectivity index (χ2n) is 6.98. The highest BCUT2D eigenvalue weighted by molar-refractivity contribution is 7.80. The van der Waals surface area contributed by atoms with Gasteiger partial charge in [0.05, 0.1) is 4.92 Å². The van der Waals surface area contributed by atoms with Crippen LogP contribution >= 0.6 is 12.2 Å². The van der Waals surface area contributed by atoms with Crippen molar-refractivity contribution >= 4 is 52.3 Å². The molecule has 3 rings (SSSR count). The van der Waals surface area contributed by atoms with Crippen LogP contribution in [0, 0.1) is 17.0 Å². The number of rotatable bonds is 6. The van der Waals surface area contributed by atoms with E-state index in [9.17, 15) is 19.7 Å². The van der Waals surface area contributed by atoms with Crippen LogP contribution in [0.3, 0.4) is 0 Å². The summed E-state index contributed by atoms with van der Waals surface area (Å²) in [5, 5.41) is 19.1. The Morgan fingerprint density at radius 3 is 2.36 bits per heavy atom. The summed E-state index contributed by atoms with van der Waals surface area (Å²) in [5.74, 6) is -0.726. The molecule has 33 heavy (non-hydrogen) atoms. The Kier molecular flexibility index (Phi) is 7.61. The molecule has 0 heterocycles. The fourth-order valence-corrected chi connectivity index (χ4v) is 3.15. The summed E-state index contributed by atoms with van der Waals surface area (Å²) in [7, 11) is 0. The smallest absolute Gasteiger partial charge is 0.270 e. The van der Waals surface area contributed by atoms with Crippen LogP contribution in [0.1, 0.15) is 21.5 Å². The molecule has 3 N–H and O–H groups in total. The van der Waals surface area contributed by atoms with Crippen LogP contribution in [0.2, 0.25) is 0 Å². The van der Waals surface area contributed by atoms with Crippen molar-refractivity contribution < 1.29 is 14.5 Å². The SMILES string of the molecule is Cc1ccccc1C(=O)Nc1cccc(NC(=S)NC(=O)/C=C/c2cccc([N+](=O)[O-])c2)c1. The Morgan fingerprint density at radius 1 is 0.939 bits per heavy atom. The van der Waals surface area contributed by atoms with E-state index in [4.69, 9.17) is 12.2 Å². The number of thiocarbonyl (C=S) groups is 1. The van der Waals surface area contributed by atoms with Crippen LogP contribution in [0.15, 0.2) is 78.9 Å². The van der Waals surface area contributed by atoms with Crippen molar-refractivity contribution in [3.05, 3.63) is 106 Å². The third-order valence-corrected chi connectivity index (χ3v) is 4.72. The molecule has 9 heteroatoms. The topological polar surface area (TPSA) is 113 Å². The second kappa shape index (κ2) is 10.8. The third kappa shape index (κ3) is 6.81. The maximum absolute atomic E-state index is 12.5. The van der Waals surface area contributed by atoms with Gasteiger partial charge in [-0.25, -0.2) is 0 Å². The third-order valence-electron chi connectivity index (χ3n) is 4.51. The molecule has 166 valence electrons. The Labute approximate surface area is 195 Å². The minimum Gasteiger partial charge on any atom is -0.332 e. The summed E-state index contributed by atoms with van der Waals surface area (Å²) < 4.78 is 0. The highest BCUT2D eigenvalue weighted by Crippen LogP contribution is 2.17. The molecule has 3 aromatic rings. The molecule has 0 aliphatic heterocycles. The van der Waals surface area contributed by atoms with Crippen LogP contribution in [-0.4, -0.2) is 21.9 Å². The van der Waals surface area contributed by atoms with Gasteiger partial charge < -0.3 is 10.6 Å². The molecule has 0 unspecified atom stereocenters. The zero-order valence-electron chi connectivity index (χ0n) is 17.6. The summed E-state index contributed by atoms with van der Waals surface area (Å²) in [4.78, 5) is 35.0. The van der Waals surface area contributed by atoms with E-state index in [2.05, 4.69) is 16.0 Å². The molecule has 0 saturated carbocycles. The van der Waals surface area contributed by atoms with E-state index in [1.807, 2.05) is 19.1 Å². The van der Waals surface area contributed by atoms with Crippen molar-refractivity contribution in [2.75, 3.05) is 10.6 Å². The number of anilines is 2. The first kappa shape index (κ1) is 23.3. The first-order chi connectivity index (χ1) is 15.8. The van der Waals surface area contributed by atoms with Crippen LogP contribution < -0.4 is 16.0 Å². The quantitative estimate of drug-likeness (QED) is 0.213. The zero-order chi connectivity index (χ0) is 23.8. The minimum absolute atomic E-state index is 0.0612. The van der Waals surface area contributed by atoms with Gasteiger partial charge in [0.2, 0.25) is 5.91 Å². The van der Waals surface area contributed by atoms with E-state index >= 15 is 0 Å². The zero-order valence-corrected chi connectivity index (χ0v) is 18.4.